The van der Waals surface area contributed by atoms with Gasteiger partial charge in [-0.1, -0.05) is 24.3 Å². The van der Waals surface area contributed by atoms with Crippen molar-refractivity contribution in [2.24, 2.45) is 0 Å². The maximum absolute atomic E-state index is 11.3. The molecule has 1 heterocycles. The summed E-state index contributed by atoms with van der Waals surface area (Å²) >= 11 is 0. The zero-order chi connectivity index (χ0) is 9.97. The van der Waals surface area contributed by atoms with Crippen LogP contribution in [0.3, 0.4) is 0 Å². The van der Waals surface area contributed by atoms with E-state index in [-0.39, 0.29) is 11.8 Å². The van der Waals surface area contributed by atoms with Gasteiger partial charge in [-0.2, -0.15) is 0 Å². The molecule has 0 aromatic rings. The Kier molecular flexibility index (Phi) is 2.14. The average Bonchev–Trinajstić information content (AvgIpc) is 2.45. The predicted molar refractivity (Wildman–Crippen MR) is 52.0 cm³/mol. The highest BCUT2D eigenvalue weighted by Gasteiger charge is 2.25. The summed E-state index contributed by atoms with van der Waals surface area (Å²) in [7, 11) is 0. The first-order valence-electron chi connectivity index (χ1n) is 4.38. The largest absolute Gasteiger partial charge is 0.269 e. The number of allylic oxidation sites excluding steroid dienone is 5. The zero-order valence-corrected chi connectivity index (χ0v) is 7.51. The Hall–Kier alpha value is -1.90. The first kappa shape index (κ1) is 8.69. The van der Waals surface area contributed by atoms with E-state index in [1.807, 2.05) is 24.3 Å². The molecule has 3 nitrogen and oxygen atoms in total. The van der Waals surface area contributed by atoms with Gasteiger partial charge < -0.3 is 0 Å². The molecule has 3 heteroatoms. The Morgan fingerprint density at radius 3 is 2.43 bits per heavy atom. The molecule has 2 rings (SSSR count). The second kappa shape index (κ2) is 3.46. The van der Waals surface area contributed by atoms with E-state index >= 15 is 0 Å². The van der Waals surface area contributed by atoms with Crippen molar-refractivity contribution < 1.29 is 9.59 Å². The number of carbonyl (C=O) groups is 2. The molecule has 2 amide bonds. The zero-order valence-electron chi connectivity index (χ0n) is 7.51. The van der Waals surface area contributed by atoms with Crippen LogP contribution >= 0.6 is 0 Å². The monoisotopic (exact) mass is 187 g/mol. The van der Waals surface area contributed by atoms with Crippen LogP contribution < -0.4 is 0 Å². The van der Waals surface area contributed by atoms with Crippen molar-refractivity contribution in [3.05, 3.63) is 48.2 Å². The Balaban J connectivity index is 2.28. The van der Waals surface area contributed by atoms with Crippen LogP contribution in [-0.2, 0) is 9.59 Å². The fraction of sp³-hybridized carbons (Fsp3) is 0.0909. The van der Waals surface area contributed by atoms with Crippen LogP contribution in [0.25, 0.3) is 0 Å². The van der Waals surface area contributed by atoms with E-state index in [0.717, 1.165) is 6.42 Å². The van der Waals surface area contributed by atoms with Gasteiger partial charge in [0.05, 0.1) is 0 Å². The van der Waals surface area contributed by atoms with Crippen molar-refractivity contribution in [1.82, 2.24) is 4.90 Å². The van der Waals surface area contributed by atoms with Crippen molar-refractivity contribution in [3.8, 4) is 0 Å². The molecule has 0 N–H and O–H groups in total. The van der Waals surface area contributed by atoms with E-state index in [1.165, 1.54) is 17.1 Å². The van der Waals surface area contributed by atoms with Crippen LogP contribution in [0.1, 0.15) is 6.42 Å². The highest BCUT2D eigenvalue weighted by molar-refractivity contribution is 6.14. The normalized spacial score (nSPS) is 20.3. The van der Waals surface area contributed by atoms with Crippen LogP contribution in [0.2, 0.25) is 0 Å². The van der Waals surface area contributed by atoms with Crippen molar-refractivity contribution in [1.29, 1.82) is 0 Å². The third-order valence-corrected chi connectivity index (χ3v) is 2.04. The van der Waals surface area contributed by atoms with E-state index in [0.29, 0.717) is 5.70 Å². The molecule has 2 aliphatic rings. The fourth-order valence-corrected chi connectivity index (χ4v) is 1.39. The molecule has 0 radical (unpaired) electrons. The van der Waals surface area contributed by atoms with Gasteiger partial charge in [0.2, 0.25) is 0 Å². The van der Waals surface area contributed by atoms with Crippen molar-refractivity contribution in [2.75, 3.05) is 0 Å². The Bertz CT molecular complexity index is 382. The van der Waals surface area contributed by atoms with Gasteiger partial charge in [-0.15, -0.1) is 0 Å². The molecule has 0 saturated carbocycles. The van der Waals surface area contributed by atoms with Crippen LogP contribution in [0.15, 0.2) is 48.2 Å². The molecule has 0 atom stereocenters. The lowest BCUT2D eigenvalue weighted by atomic mass is 10.3. The van der Waals surface area contributed by atoms with Gasteiger partial charge in [0.25, 0.3) is 11.8 Å². The van der Waals surface area contributed by atoms with Crippen molar-refractivity contribution in [3.63, 3.8) is 0 Å². The maximum Gasteiger partial charge on any atom is 0.258 e. The predicted octanol–water partition coefficient (Wildman–Crippen LogP) is 1.31. The Labute approximate surface area is 81.7 Å². The van der Waals surface area contributed by atoms with Gasteiger partial charge in [-0.3, -0.25) is 9.59 Å². The summed E-state index contributed by atoms with van der Waals surface area (Å²) < 4.78 is 0. The molecule has 0 bridgehead atoms. The van der Waals surface area contributed by atoms with Gasteiger partial charge in [-0.25, -0.2) is 4.90 Å². The number of hydrogen-bond acceptors (Lipinski definition) is 2. The average molecular weight is 187 g/mol. The first-order chi connectivity index (χ1) is 6.79. The lowest BCUT2D eigenvalue weighted by Crippen LogP contribution is -2.28. The summed E-state index contributed by atoms with van der Waals surface area (Å²) in [5, 5.41) is 0. The SMILES string of the molecule is O=C1C=CC(=O)N1C1=CCC=CC=C1. The molecule has 0 spiro atoms. The second-order valence-corrected chi connectivity index (χ2v) is 3.00. The molecule has 1 aliphatic heterocycles. The molecule has 14 heavy (non-hydrogen) atoms. The molecule has 0 fully saturated rings. The van der Waals surface area contributed by atoms with E-state index in [9.17, 15) is 9.59 Å². The van der Waals surface area contributed by atoms with Gasteiger partial charge in [0, 0.05) is 17.8 Å². The summed E-state index contributed by atoms with van der Waals surface area (Å²) in [4.78, 5) is 23.8. The molecule has 0 unspecified atom stereocenters. The standard InChI is InChI=1S/C11H9NO2/c13-10-7-8-11(14)12(10)9-5-3-1-2-4-6-9/h1-3,5-8H,4H2. The first-order valence-corrected chi connectivity index (χ1v) is 4.38. The molecule has 0 aromatic carbocycles. The minimum Gasteiger partial charge on any atom is -0.269 e. The minimum absolute atomic E-state index is 0.271. The van der Waals surface area contributed by atoms with E-state index in [1.54, 1.807) is 6.08 Å². The van der Waals surface area contributed by atoms with Crippen molar-refractivity contribution in [2.45, 2.75) is 6.42 Å². The smallest absolute Gasteiger partial charge is 0.258 e. The van der Waals surface area contributed by atoms with Gasteiger partial charge in [-0.05, 0) is 12.5 Å². The minimum atomic E-state index is -0.271. The highest BCUT2D eigenvalue weighted by atomic mass is 16.2. The summed E-state index contributed by atoms with van der Waals surface area (Å²) in [5.41, 5.74) is 0.648. The number of imide groups is 1. The van der Waals surface area contributed by atoms with Crippen molar-refractivity contribution >= 4 is 11.8 Å². The highest BCUT2D eigenvalue weighted by Crippen LogP contribution is 2.16. The number of carbonyl (C=O) groups excluding carboxylic acids is 2. The van der Waals surface area contributed by atoms with Gasteiger partial charge in [0.15, 0.2) is 0 Å². The van der Waals surface area contributed by atoms with E-state index in [2.05, 4.69) is 0 Å². The maximum atomic E-state index is 11.3. The van der Waals surface area contributed by atoms with Crippen LogP contribution in [-0.4, -0.2) is 16.7 Å². The molecule has 1 aliphatic carbocycles. The second-order valence-electron chi connectivity index (χ2n) is 3.00. The summed E-state index contributed by atoms with van der Waals surface area (Å²) in [6.07, 6.45) is 12.6. The lowest BCUT2D eigenvalue weighted by Gasteiger charge is -2.14. The van der Waals surface area contributed by atoms with Gasteiger partial charge >= 0.3 is 0 Å². The summed E-state index contributed by atoms with van der Waals surface area (Å²) in [5.74, 6) is -0.541. The topological polar surface area (TPSA) is 37.4 Å². The van der Waals surface area contributed by atoms with Crippen LogP contribution in [0.4, 0.5) is 0 Å². The van der Waals surface area contributed by atoms with E-state index in [4.69, 9.17) is 0 Å². The number of hydrogen-bond donors (Lipinski definition) is 0. The molecular weight excluding hydrogens is 178 g/mol. The number of rotatable bonds is 1. The third kappa shape index (κ3) is 1.44. The van der Waals surface area contributed by atoms with E-state index < -0.39 is 0 Å². The molecule has 0 aromatic heterocycles. The molecule has 0 saturated heterocycles. The summed E-state index contributed by atoms with van der Waals surface area (Å²) in [6.45, 7) is 0. The number of nitrogens with zero attached hydrogens (tertiary/aromatic N) is 1. The third-order valence-electron chi connectivity index (χ3n) is 2.04. The Morgan fingerprint density at radius 2 is 1.71 bits per heavy atom. The number of amides is 2. The van der Waals surface area contributed by atoms with Crippen LogP contribution in [0, 0.1) is 0 Å². The molecular formula is C11H9NO2. The molecule has 70 valence electrons. The van der Waals surface area contributed by atoms with Gasteiger partial charge in [0.1, 0.15) is 0 Å². The Morgan fingerprint density at radius 1 is 1.00 bits per heavy atom. The quantitative estimate of drug-likeness (QED) is 0.580. The summed E-state index contributed by atoms with van der Waals surface area (Å²) in [6, 6.07) is 0. The fourth-order valence-electron chi connectivity index (χ4n) is 1.39. The lowest BCUT2D eigenvalue weighted by molar-refractivity contribution is -0.134. The van der Waals surface area contributed by atoms with Crippen LogP contribution in [0.5, 0.6) is 0 Å².